The largest absolute Gasteiger partial charge is 0.456 e. The molecule has 2 bridgehead atoms. The van der Waals surface area contributed by atoms with Crippen LogP contribution in [0, 0.1) is 17.8 Å². The van der Waals surface area contributed by atoms with E-state index in [1.165, 1.54) is 19.3 Å². The summed E-state index contributed by atoms with van der Waals surface area (Å²) in [6.07, 6.45) is 5.39. The molecular weight excluding hydrogens is 366 g/mol. The molecule has 6 heteroatoms. The second-order valence-electron chi connectivity index (χ2n) is 7.93. The van der Waals surface area contributed by atoms with E-state index in [0.717, 1.165) is 18.0 Å². The van der Waals surface area contributed by atoms with Crippen LogP contribution in [0.2, 0.25) is 0 Å². The number of carbonyl (C=O) groups is 2. The molecule has 1 N–H and O–H groups in total. The molecule has 0 aliphatic heterocycles. The van der Waals surface area contributed by atoms with Crippen molar-refractivity contribution in [1.29, 1.82) is 0 Å². The predicted molar refractivity (Wildman–Crippen MR) is 110 cm³/mol. The molecule has 2 aliphatic rings. The first kappa shape index (κ1) is 19.3. The maximum absolute atomic E-state index is 12.0. The van der Waals surface area contributed by atoms with Crippen LogP contribution in [-0.2, 0) is 14.3 Å². The van der Waals surface area contributed by atoms with Crippen LogP contribution in [0.1, 0.15) is 32.1 Å². The van der Waals surface area contributed by atoms with Crippen LogP contribution in [-0.4, -0.2) is 18.5 Å². The summed E-state index contributed by atoms with van der Waals surface area (Å²) in [4.78, 5) is 24.1. The molecule has 0 aromatic heterocycles. The third-order valence-corrected chi connectivity index (χ3v) is 5.87. The van der Waals surface area contributed by atoms with Gasteiger partial charge in [0.05, 0.1) is 11.4 Å². The number of esters is 1. The zero-order valence-corrected chi connectivity index (χ0v) is 16.3. The number of hydrogen-bond donors (Lipinski definition) is 1. The SMILES string of the molecule is O=C(COC(=O)C[C@H]1C[C@@H]2CC[C@@H]1C2)Nc1ccc(N=Nc2ccccc2)cc1. The molecule has 2 aliphatic carbocycles. The van der Waals surface area contributed by atoms with Crippen LogP contribution in [0.25, 0.3) is 0 Å². The van der Waals surface area contributed by atoms with Gasteiger partial charge in [0.1, 0.15) is 0 Å². The molecule has 2 saturated carbocycles. The average Bonchev–Trinajstić information content (AvgIpc) is 3.36. The van der Waals surface area contributed by atoms with Crippen LogP contribution in [0.4, 0.5) is 17.1 Å². The fourth-order valence-electron chi connectivity index (χ4n) is 4.46. The standard InChI is InChI=1S/C23H25N3O3/c27-22(15-29-23(28)14-18-13-16-6-7-17(18)12-16)24-19-8-10-21(11-9-19)26-25-20-4-2-1-3-5-20/h1-5,8-11,16-18H,6-7,12-15H2,(H,24,27)/t16-,17-,18-/m1/s1. The summed E-state index contributed by atoms with van der Waals surface area (Å²) in [7, 11) is 0. The highest BCUT2D eigenvalue weighted by atomic mass is 16.5. The van der Waals surface area contributed by atoms with E-state index in [4.69, 9.17) is 4.74 Å². The number of benzene rings is 2. The van der Waals surface area contributed by atoms with Gasteiger partial charge >= 0.3 is 5.97 Å². The average molecular weight is 391 g/mol. The van der Waals surface area contributed by atoms with Crippen molar-refractivity contribution in [3.8, 4) is 0 Å². The molecule has 0 spiro atoms. The van der Waals surface area contributed by atoms with Crippen LogP contribution < -0.4 is 5.32 Å². The zero-order chi connectivity index (χ0) is 20.1. The molecular formula is C23H25N3O3. The number of carbonyl (C=O) groups excluding carboxylic acids is 2. The molecule has 6 nitrogen and oxygen atoms in total. The summed E-state index contributed by atoms with van der Waals surface area (Å²) in [6.45, 7) is -0.255. The number of nitrogens with zero attached hydrogens (tertiary/aromatic N) is 2. The Kier molecular flexibility index (Phi) is 5.98. The first-order valence-corrected chi connectivity index (χ1v) is 10.2. The van der Waals surface area contributed by atoms with Crippen LogP contribution in [0.5, 0.6) is 0 Å². The topological polar surface area (TPSA) is 80.1 Å². The molecule has 4 rings (SSSR count). The molecule has 2 aromatic rings. The van der Waals surface area contributed by atoms with Gasteiger partial charge < -0.3 is 10.1 Å². The fraction of sp³-hybridized carbons (Fsp3) is 0.391. The van der Waals surface area contributed by atoms with Crippen LogP contribution >= 0.6 is 0 Å². The van der Waals surface area contributed by atoms with E-state index < -0.39 is 0 Å². The third-order valence-electron chi connectivity index (χ3n) is 5.87. The minimum atomic E-state index is -0.343. The highest BCUT2D eigenvalue weighted by Crippen LogP contribution is 2.49. The molecule has 0 unspecified atom stereocenters. The van der Waals surface area contributed by atoms with Crippen molar-refractivity contribution in [2.75, 3.05) is 11.9 Å². The van der Waals surface area contributed by atoms with E-state index in [2.05, 4.69) is 15.5 Å². The minimum absolute atomic E-state index is 0.255. The van der Waals surface area contributed by atoms with Crippen molar-refractivity contribution < 1.29 is 14.3 Å². The van der Waals surface area contributed by atoms with Crippen molar-refractivity contribution in [3.63, 3.8) is 0 Å². The van der Waals surface area contributed by atoms with E-state index in [9.17, 15) is 9.59 Å². The molecule has 0 radical (unpaired) electrons. The number of anilines is 1. The minimum Gasteiger partial charge on any atom is -0.456 e. The summed E-state index contributed by atoms with van der Waals surface area (Å²) in [5, 5.41) is 11.0. The molecule has 1 amide bonds. The van der Waals surface area contributed by atoms with Crippen LogP contribution in [0.3, 0.4) is 0 Å². The van der Waals surface area contributed by atoms with E-state index >= 15 is 0 Å². The van der Waals surface area contributed by atoms with E-state index in [-0.39, 0.29) is 18.5 Å². The van der Waals surface area contributed by atoms with E-state index in [1.54, 1.807) is 24.3 Å². The van der Waals surface area contributed by atoms with E-state index in [0.29, 0.717) is 29.6 Å². The van der Waals surface area contributed by atoms with Crippen molar-refractivity contribution in [2.45, 2.75) is 32.1 Å². The van der Waals surface area contributed by atoms with Crippen molar-refractivity contribution in [3.05, 3.63) is 54.6 Å². The second-order valence-corrected chi connectivity index (χ2v) is 7.93. The van der Waals surface area contributed by atoms with Gasteiger partial charge in [0.25, 0.3) is 5.91 Å². The number of rotatable bonds is 7. The smallest absolute Gasteiger partial charge is 0.306 e. The number of nitrogens with one attached hydrogen (secondary N) is 1. The molecule has 0 heterocycles. The predicted octanol–water partition coefficient (Wildman–Crippen LogP) is 5.41. The lowest BCUT2D eigenvalue weighted by molar-refractivity contribution is -0.148. The highest BCUT2D eigenvalue weighted by molar-refractivity contribution is 5.92. The second kappa shape index (κ2) is 8.99. The molecule has 2 aromatic carbocycles. The summed E-state index contributed by atoms with van der Waals surface area (Å²) in [6, 6.07) is 16.5. The Labute approximate surface area is 170 Å². The Morgan fingerprint density at radius 1 is 0.931 bits per heavy atom. The van der Waals surface area contributed by atoms with Gasteiger partial charge in [-0.15, -0.1) is 0 Å². The lowest BCUT2D eigenvalue weighted by Crippen LogP contribution is -2.23. The number of fused-ring (bicyclic) bond motifs is 2. The van der Waals surface area contributed by atoms with Crippen molar-refractivity contribution in [1.82, 2.24) is 0 Å². The van der Waals surface area contributed by atoms with E-state index in [1.807, 2.05) is 30.3 Å². The Bertz CT molecular complexity index is 880. The molecule has 29 heavy (non-hydrogen) atoms. The maximum Gasteiger partial charge on any atom is 0.306 e. The highest BCUT2D eigenvalue weighted by Gasteiger charge is 2.40. The zero-order valence-electron chi connectivity index (χ0n) is 16.3. The van der Waals surface area contributed by atoms with Gasteiger partial charge in [-0.05, 0) is 73.4 Å². The van der Waals surface area contributed by atoms with Gasteiger partial charge in [-0.25, -0.2) is 0 Å². The Morgan fingerprint density at radius 3 is 2.31 bits per heavy atom. The quantitative estimate of drug-likeness (QED) is 0.506. The first-order chi connectivity index (χ1) is 14.2. The maximum atomic E-state index is 12.0. The summed E-state index contributed by atoms with van der Waals surface area (Å²) >= 11 is 0. The first-order valence-electron chi connectivity index (χ1n) is 10.2. The summed E-state index contributed by atoms with van der Waals surface area (Å²) < 4.78 is 5.17. The number of amides is 1. The van der Waals surface area contributed by atoms with Crippen molar-refractivity contribution in [2.24, 2.45) is 28.0 Å². The summed E-state index contributed by atoms with van der Waals surface area (Å²) in [5.74, 6) is 1.32. The molecule has 3 atom stereocenters. The fourth-order valence-corrected chi connectivity index (χ4v) is 4.46. The number of ether oxygens (including phenoxy) is 1. The summed E-state index contributed by atoms with van der Waals surface area (Å²) in [5.41, 5.74) is 2.08. The third kappa shape index (κ3) is 5.28. The number of azo groups is 1. The molecule has 2 fully saturated rings. The van der Waals surface area contributed by atoms with Gasteiger partial charge in [0, 0.05) is 12.1 Å². The Balaban J connectivity index is 1.20. The van der Waals surface area contributed by atoms with Crippen molar-refractivity contribution >= 4 is 28.9 Å². The lowest BCUT2D eigenvalue weighted by atomic mass is 9.86. The monoisotopic (exact) mass is 391 g/mol. The number of hydrogen-bond acceptors (Lipinski definition) is 5. The normalized spacial score (nSPS) is 22.7. The van der Waals surface area contributed by atoms with Crippen LogP contribution in [0.15, 0.2) is 64.8 Å². The Hall–Kier alpha value is -3.02. The van der Waals surface area contributed by atoms with Gasteiger partial charge in [-0.1, -0.05) is 24.6 Å². The Morgan fingerprint density at radius 2 is 1.66 bits per heavy atom. The molecule has 0 saturated heterocycles. The van der Waals surface area contributed by atoms with Gasteiger partial charge in [-0.3, -0.25) is 9.59 Å². The van der Waals surface area contributed by atoms with Gasteiger partial charge in [0.2, 0.25) is 0 Å². The lowest BCUT2D eigenvalue weighted by Gasteiger charge is -2.20. The van der Waals surface area contributed by atoms with Gasteiger partial charge in [0.15, 0.2) is 6.61 Å². The molecule has 150 valence electrons. The van der Waals surface area contributed by atoms with Gasteiger partial charge in [-0.2, -0.15) is 10.2 Å².